The van der Waals surface area contributed by atoms with Gasteiger partial charge in [-0.2, -0.15) is 0 Å². The van der Waals surface area contributed by atoms with Gasteiger partial charge in [0.05, 0.1) is 40.5 Å². The third-order valence-corrected chi connectivity index (χ3v) is 8.70. The van der Waals surface area contributed by atoms with E-state index in [-0.39, 0.29) is 28.6 Å². The van der Waals surface area contributed by atoms with E-state index in [1.807, 2.05) is 38.1 Å². The summed E-state index contributed by atoms with van der Waals surface area (Å²) >= 11 is 0. The lowest BCUT2D eigenvalue weighted by Crippen LogP contribution is -2.50. The Balaban J connectivity index is 1.51. The molecule has 4 atom stereocenters. The van der Waals surface area contributed by atoms with Gasteiger partial charge in [0.15, 0.2) is 0 Å². The number of carbonyl (C=O) groups excluding carboxylic acids is 2. The van der Waals surface area contributed by atoms with E-state index in [0.717, 1.165) is 4.90 Å². The second-order valence-electron chi connectivity index (χ2n) is 11.4. The van der Waals surface area contributed by atoms with Crippen molar-refractivity contribution in [2.45, 2.75) is 31.8 Å². The lowest BCUT2D eigenvalue weighted by atomic mass is 9.75. The summed E-state index contributed by atoms with van der Waals surface area (Å²) in [7, 11) is 1.38. The van der Waals surface area contributed by atoms with Crippen LogP contribution in [0.3, 0.4) is 0 Å². The summed E-state index contributed by atoms with van der Waals surface area (Å²) in [5.41, 5.74) is -0.0467. The third kappa shape index (κ3) is 3.31. The Bertz CT molecular complexity index is 1900. The monoisotopic (exact) mass is 565 g/mol. The number of benzene rings is 3. The van der Waals surface area contributed by atoms with Gasteiger partial charge in [0.25, 0.3) is 11.2 Å². The van der Waals surface area contributed by atoms with E-state index < -0.39 is 40.2 Å². The Hall–Kier alpha value is -4.90. The Kier molecular flexibility index (Phi) is 5.61. The standard InChI is InChI=1S/C31H27N5O6/c1-16(2)14-21-25-26(29(39)34(28(25)38)23-15-17(36(40)41)12-13-24(23)42-3)31(33-21)19-9-5-7-11-22(19)35-27(37)18-8-4-6-10-20(18)32-30(31)35/h4-13,15-16,21,25-26,33H,14H2,1-3H3/t21-,25-,26+,31+/m0/s1. The van der Waals surface area contributed by atoms with Crippen LogP contribution in [-0.2, 0) is 15.1 Å². The minimum Gasteiger partial charge on any atom is -0.495 e. The zero-order valence-electron chi connectivity index (χ0n) is 23.1. The number of ether oxygens (including phenoxy) is 1. The number of anilines is 1. The normalized spacial score (nSPS) is 24.0. The largest absolute Gasteiger partial charge is 0.495 e. The molecule has 3 aliphatic heterocycles. The van der Waals surface area contributed by atoms with Gasteiger partial charge in [0, 0.05) is 23.7 Å². The lowest BCUT2D eigenvalue weighted by Gasteiger charge is -2.32. The minimum absolute atomic E-state index is 0.0182. The molecule has 4 aromatic rings. The molecule has 11 nitrogen and oxygen atoms in total. The van der Waals surface area contributed by atoms with Crippen molar-refractivity contribution in [2.75, 3.05) is 12.0 Å². The maximum absolute atomic E-state index is 14.6. The van der Waals surface area contributed by atoms with Gasteiger partial charge in [-0.15, -0.1) is 0 Å². The number of nitrogens with one attached hydrogen (secondary N) is 1. The molecule has 7 rings (SSSR count). The summed E-state index contributed by atoms with van der Waals surface area (Å²) in [6.45, 7) is 4.08. The smallest absolute Gasteiger partial charge is 0.271 e. The molecule has 2 fully saturated rings. The second-order valence-corrected chi connectivity index (χ2v) is 11.4. The van der Waals surface area contributed by atoms with Crippen LogP contribution in [0.1, 0.15) is 31.7 Å². The van der Waals surface area contributed by atoms with Crippen LogP contribution >= 0.6 is 0 Å². The van der Waals surface area contributed by atoms with Gasteiger partial charge in [-0.1, -0.05) is 44.2 Å². The number of rotatable bonds is 5. The SMILES string of the molecule is COc1ccc([N+](=O)[O-])cc1N1C(=O)[C@H]2[C@H](CC(C)C)N[C@]3(c4ccccc4-n4c3nc3ccccc3c4=O)[C@H]2C1=O. The minimum atomic E-state index is -1.29. The molecule has 0 saturated carbocycles. The number of carbonyl (C=O) groups is 2. The van der Waals surface area contributed by atoms with Crippen molar-refractivity contribution < 1.29 is 19.2 Å². The Morgan fingerprint density at radius 2 is 1.76 bits per heavy atom. The Morgan fingerprint density at radius 1 is 1.02 bits per heavy atom. The van der Waals surface area contributed by atoms with Gasteiger partial charge in [-0.25, -0.2) is 9.88 Å². The van der Waals surface area contributed by atoms with E-state index >= 15 is 0 Å². The Labute approximate surface area is 239 Å². The summed E-state index contributed by atoms with van der Waals surface area (Å²) in [6.07, 6.45) is 0.571. The zero-order chi connectivity index (χ0) is 29.5. The topological polar surface area (TPSA) is 137 Å². The number of nitrogens with zero attached hydrogens (tertiary/aromatic N) is 4. The number of amides is 2. The quantitative estimate of drug-likeness (QED) is 0.220. The predicted molar refractivity (Wildman–Crippen MR) is 154 cm³/mol. The maximum Gasteiger partial charge on any atom is 0.271 e. The first-order chi connectivity index (χ1) is 20.2. The second kappa shape index (κ2) is 9.05. The van der Waals surface area contributed by atoms with E-state index in [1.54, 1.807) is 28.8 Å². The van der Waals surface area contributed by atoms with Crippen molar-refractivity contribution in [3.05, 3.63) is 98.6 Å². The fourth-order valence-electron chi connectivity index (χ4n) is 7.13. The van der Waals surface area contributed by atoms with Gasteiger partial charge < -0.3 is 4.74 Å². The van der Waals surface area contributed by atoms with Gasteiger partial charge in [-0.05, 0) is 36.6 Å². The highest BCUT2D eigenvalue weighted by Crippen LogP contribution is 2.57. The number of fused-ring (bicyclic) bond motifs is 8. The summed E-state index contributed by atoms with van der Waals surface area (Å²) in [6, 6.07) is 17.8. The molecule has 2 saturated heterocycles. The van der Waals surface area contributed by atoms with Crippen LogP contribution in [0.5, 0.6) is 5.75 Å². The van der Waals surface area contributed by atoms with Crippen LogP contribution in [0, 0.1) is 27.9 Å². The number of hydrogen-bond donors (Lipinski definition) is 1. The number of nitro benzene ring substituents is 1. The third-order valence-electron chi connectivity index (χ3n) is 8.70. The molecular weight excluding hydrogens is 538 g/mol. The van der Waals surface area contributed by atoms with Crippen LogP contribution < -0.4 is 20.5 Å². The molecule has 0 radical (unpaired) electrons. The molecule has 1 N–H and O–H groups in total. The molecule has 0 unspecified atom stereocenters. The zero-order valence-corrected chi connectivity index (χ0v) is 23.1. The van der Waals surface area contributed by atoms with E-state index in [2.05, 4.69) is 5.32 Å². The van der Waals surface area contributed by atoms with E-state index in [9.17, 15) is 24.5 Å². The number of hydrogen-bond acceptors (Lipinski definition) is 8. The number of non-ortho nitro benzene ring substituents is 1. The number of nitro groups is 1. The predicted octanol–water partition coefficient (Wildman–Crippen LogP) is 3.68. The van der Waals surface area contributed by atoms with Crippen molar-refractivity contribution >= 4 is 34.1 Å². The fraction of sp³-hybridized carbons (Fsp3) is 0.290. The average molecular weight is 566 g/mol. The van der Waals surface area contributed by atoms with Crippen LogP contribution in [0.2, 0.25) is 0 Å². The summed E-state index contributed by atoms with van der Waals surface area (Å²) < 4.78 is 7.00. The van der Waals surface area contributed by atoms with Crippen molar-refractivity contribution in [3.63, 3.8) is 0 Å². The number of methoxy groups -OCH3 is 1. The highest BCUT2D eigenvalue weighted by molar-refractivity contribution is 6.24. The first kappa shape index (κ1) is 26.0. The molecule has 1 aromatic heterocycles. The van der Waals surface area contributed by atoms with Crippen molar-refractivity contribution in [1.82, 2.24) is 14.9 Å². The average Bonchev–Trinajstić information content (AvgIpc) is 3.55. The first-order valence-electron chi connectivity index (χ1n) is 13.8. The molecular formula is C31H27N5O6. The van der Waals surface area contributed by atoms with Crippen molar-refractivity contribution in [3.8, 4) is 11.4 Å². The number of aromatic nitrogens is 2. The summed E-state index contributed by atoms with van der Waals surface area (Å²) in [4.78, 5) is 60.0. The molecule has 42 heavy (non-hydrogen) atoms. The summed E-state index contributed by atoms with van der Waals surface area (Å²) in [5.74, 6) is -2.11. The molecule has 1 spiro atoms. The molecule has 11 heteroatoms. The van der Waals surface area contributed by atoms with Crippen molar-refractivity contribution in [2.24, 2.45) is 17.8 Å². The Morgan fingerprint density at radius 3 is 2.50 bits per heavy atom. The van der Waals surface area contributed by atoms with Crippen LogP contribution in [0.4, 0.5) is 11.4 Å². The molecule has 2 amide bonds. The highest BCUT2D eigenvalue weighted by Gasteiger charge is 2.70. The van der Waals surface area contributed by atoms with E-state index in [0.29, 0.717) is 34.4 Å². The van der Waals surface area contributed by atoms with E-state index in [1.165, 1.54) is 25.3 Å². The molecule has 0 aliphatic carbocycles. The van der Waals surface area contributed by atoms with E-state index in [4.69, 9.17) is 9.72 Å². The van der Waals surface area contributed by atoms with Gasteiger partial charge in [-0.3, -0.25) is 34.4 Å². The number of para-hydroxylation sites is 2. The van der Waals surface area contributed by atoms with Crippen LogP contribution in [0.15, 0.2) is 71.5 Å². The number of imide groups is 1. The molecule has 0 bridgehead atoms. The fourth-order valence-corrected chi connectivity index (χ4v) is 7.13. The highest BCUT2D eigenvalue weighted by atomic mass is 16.6. The van der Waals surface area contributed by atoms with Crippen LogP contribution in [0.25, 0.3) is 16.6 Å². The maximum atomic E-state index is 14.6. The summed E-state index contributed by atoms with van der Waals surface area (Å²) in [5, 5.41) is 15.8. The first-order valence-corrected chi connectivity index (χ1v) is 13.8. The van der Waals surface area contributed by atoms with Gasteiger partial charge in [0.2, 0.25) is 11.8 Å². The molecule has 4 heterocycles. The lowest BCUT2D eigenvalue weighted by molar-refractivity contribution is -0.384. The van der Waals surface area contributed by atoms with Crippen molar-refractivity contribution in [1.29, 1.82) is 0 Å². The molecule has 3 aliphatic rings. The molecule has 3 aromatic carbocycles. The van der Waals surface area contributed by atoms with Gasteiger partial charge in [0.1, 0.15) is 22.8 Å². The molecule has 212 valence electrons. The van der Waals surface area contributed by atoms with Gasteiger partial charge >= 0.3 is 0 Å². The van der Waals surface area contributed by atoms with Crippen LogP contribution in [-0.4, -0.2) is 39.4 Å².